The lowest BCUT2D eigenvalue weighted by Crippen LogP contribution is -2.52. The maximum Gasteiger partial charge on any atom is 0.410 e. The van der Waals surface area contributed by atoms with Crippen LogP contribution < -0.4 is 10.6 Å². The van der Waals surface area contributed by atoms with Crippen LogP contribution in [0, 0.1) is 5.92 Å². The van der Waals surface area contributed by atoms with Gasteiger partial charge in [-0.15, -0.1) is 0 Å². The number of benzene rings is 1. The average molecular weight is 532 g/mol. The van der Waals surface area contributed by atoms with Crippen molar-refractivity contribution in [2.75, 3.05) is 6.54 Å². The lowest BCUT2D eigenvalue weighted by atomic mass is 9.81. The van der Waals surface area contributed by atoms with Crippen molar-refractivity contribution in [1.82, 2.24) is 25.5 Å². The van der Waals surface area contributed by atoms with Crippen molar-refractivity contribution in [3.8, 4) is 0 Å². The fraction of sp³-hybridized carbons (Fsp3) is 0.467. The van der Waals surface area contributed by atoms with Gasteiger partial charge in [-0.05, 0) is 76.0 Å². The molecule has 1 aliphatic heterocycles. The number of fused-ring (bicyclic) bond motifs is 1. The Balaban J connectivity index is 1.25. The minimum absolute atomic E-state index is 0.0331. The van der Waals surface area contributed by atoms with E-state index >= 15 is 0 Å². The number of aromatic nitrogens is 2. The average Bonchev–Trinajstić information content (AvgIpc) is 3.39. The van der Waals surface area contributed by atoms with Gasteiger partial charge in [0.15, 0.2) is 0 Å². The first-order valence-electron chi connectivity index (χ1n) is 13.6. The minimum Gasteiger partial charge on any atom is -0.444 e. The van der Waals surface area contributed by atoms with Gasteiger partial charge in [-0.25, -0.2) is 4.79 Å². The van der Waals surface area contributed by atoms with Crippen LogP contribution in [0.3, 0.4) is 0 Å². The van der Waals surface area contributed by atoms with Crippen LogP contribution in [0.2, 0.25) is 0 Å². The van der Waals surface area contributed by atoms with E-state index in [0.717, 1.165) is 29.4 Å². The molecule has 39 heavy (non-hydrogen) atoms. The van der Waals surface area contributed by atoms with Gasteiger partial charge in [0.25, 0.3) is 0 Å². The number of hydrogen-bond donors (Lipinski definition) is 3. The van der Waals surface area contributed by atoms with Crippen LogP contribution >= 0.6 is 0 Å². The normalized spacial score (nSPS) is 20.9. The number of carbonyl (C=O) groups is 3. The third kappa shape index (κ3) is 5.77. The fourth-order valence-electron chi connectivity index (χ4n) is 5.68. The second-order valence-corrected chi connectivity index (χ2v) is 11.8. The van der Waals surface area contributed by atoms with Crippen molar-refractivity contribution in [2.24, 2.45) is 5.92 Å². The van der Waals surface area contributed by atoms with E-state index in [1.165, 1.54) is 5.56 Å². The SMILES string of the molecule is C[C@H](NC(=O)[C@H]1C[C@H](C2(c3ccccc3)CC2)CN1C(=O)OC(C)(C)C)C(=O)NCc1cc2cnccc2[nH]1. The Morgan fingerprint density at radius 1 is 1.18 bits per heavy atom. The van der Waals surface area contributed by atoms with Gasteiger partial charge in [-0.1, -0.05) is 30.3 Å². The monoisotopic (exact) mass is 531 g/mol. The molecule has 9 heteroatoms. The molecule has 3 amide bonds. The Labute approximate surface area is 228 Å². The van der Waals surface area contributed by atoms with E-state index in [-0.39, 0.29) is 23.1 Å². The number of carbonyl (C=O) groups excluding carboxylic acids is 3. The van der Waals surface area contributed by atoms with Gasteiger partial charge in [0, 0.05) is 35.5 Å². The van der Waals surface area contributed by atoms with E-state index in [0.29, 0.717) is 19.5 Å². The maximum absolute atomic E-state index is 13.5. The highest BCUT2D eigenvalue weighted by Crippen LogP contribution is 2.57. The fourth-order valence-corrected chi connectivity index (χ4v) is 5.68. The predicted molar refractivity (Wildman–Crippen MR) is 148 cm³/mol. The summed E-state index contributed by atoms with van der Waals surface area (Å²) in [6.07, 6.45) is 5.55. The summed E-state index contributed by atoms with van der Waals surface area (Å²) in [6, 6.07) is 12.7. The summed E-state index contributed by atoms with van der Waals surface area (Å²) in [4.78, 5) is 48.5. The molecular formula is C30H37N5O4. The Hall–Kier alpha value is -3.88. The first-order valence-corrected chi connectivity index (χ1v) is 13.6. The van der Waals surface area contributed by atoms with Gasteiger partial charge >= 0.3 is 6.09 Å². The Morgan fingerprint density at radius 3 is 2.59 bits per heavy atom. The van der Waals surface area contributed by atoms with Gasteiger partial charge in [0.1, 0.15) is 17.7 Å². The highest BCUT2D eigenvalue weighted by Gasteiger charge is 2.56. The van der Waals surface area contributed by atoms with Crippen LogP contribution in [0.15, 0.2) is 54.9 Å². The second-order valence-electron chi connectivity index (χ2n) is 11.8. The third-order valence-electron chi connectivity index (χ3n) is 7.83. The summed E-state index contributed by atoms with van der Waals surface area (Å²) in [5.41, 5.74) is 2.32. The summed E-state index contributed by atoms with van der Waals surface area (Å²) < 4.78 is 5.67. The molecule has 0 bridgehead atoms. The highest BCUT2D eigenvalue weighted by atomic mass is 16.6. The number of rotatable bonds is 7. The molecule has 3 heterocycles. The lowest BCUT2D eigenvalue weighted by molar-refractivity contribution is -0.131. The third-order valence-corrected chi connectivity index (χ3v) is 7.83. The lowest BCUT2D eigenvalue weighted by Gasteiger charge is -2.29. The van der Waals surface area contributed by atoms with E-state index in [4.69, 9.17) is 4.74 Å². The van der Waals surface area contributed by atoms with Crippen LogP contribution in [0.1, 0.15) is 58.2 Å². The summed E-state index contributed by atoms with van der Waals surface area (Å²) in [5.74, 6) is -0.517. The van der Waals surface area contributed by atoms with E-state index < -0.39 is 23.8 Å². The van der Waals surface area contributed by atoms with Crippen molar-refractivity contribution in [2.45, 2.75) is 76.6 Å². The molecule has 3 aromatic rings. The zero-order chi connectivity index (χ0) is 27.8. The van der Waals surface area contributed by atoms with Gasteiger partial charge < -0.3 is 20.4 Å². The van der Waals surface area contributed by atoms with E-state index in [9.17, 15) is 14.4 Å². The van der Waals surface area contributed by atoms with Crippen LogP contribution in [0.4, 0.5) is 4.79 Å². The molecule has 1 saturated heterocycles. The number of nitrogens with one attached hydrogen (secondary N) is 3. The van der Waals surface area contributed by atoms with Crippen LogP contribution in [-0.2, 0) is 26.3 Å². The zero-order valence-corrected chi connectivity index (χ0v) is 23.0. The maximum atomic E-state index is 13.5. The quantitative estimate of drug-likeness (QED) is 0.426. The Morgan fingerprint density at radius 2 is 1.92 bits per heavy atom. The van der Waals surface area contributed by atoms with E-state index in [1.54, 1.807) is 24.2 Å². The minimum atomic E-state index is -0.771. The molecule has 9 nitrogen and oxygen atoms in total. The molecule has 3 N–H and O–H groups in total. The van der Waals surface area contributed by atoms with Crippen LogP contribution in [0.5, 0.6) is 0 Å². The number of pyridine rings is 1. The van der Waals surface area contributed by atoms with Crippen molar-refractivity contribution in [1.29, 1.82) is 0 Å². The van der Waals surface area contributed by atoms with Gasteiger partial charge in [0.05, 0.1) is 6.54 Å². The van der Waals surface area contributed by atoms with Crippen LogP contribution in [0.25, 0.3) is 10.9 Å². The van der Waals surface area contributed by atoms with Crippen LogP contribution in [-0.4, -0.2) is 57.0 Å². The predicted octanol–water partition coefficient (Wildman–Crippen LogP) is 4.04. The highest BCUT2D eigenvalue weighted by molar-refractivity contribution is 5.91. The number of aromatic amines is 1. The molecule has 2 aromatic heterocycles. The topological polar surface area (TPSA) is 116 Å². The van der Waals surface area contributed by atoms with Gasteiger partial charge in [-0.3, -0.25) is 19.5 Å². The smallest absolute Gasteiger partial charge is 0.410 e. The molecule has 0 spiro atoms. The standard InChI is InChI=1S/C30H37N5O4/c1-19(26(36)32-17-23-14-20-16-31-13-10-24(20)34-23)33-27(37)25-15-22(18-35(25)28(38)39-29(2,3)4)30(11-12-30)21-8-6-5-7-9-21/h5-10,13-14,16,19,22,25,34H,11-12,15,17-18H2,1-4H3,(H,32,36)(H,33,37)/t19-,22-,25+/m0/s1. The largest absolute Gasteiger partial charge is 0.444 e. The first kappa shape index (κ1) is 26.7. The summed E-state index contributed by atoms with van der Waals surface area (Å²) in [7, 11) is 0. The Bertz CT molecular complexity index is 1330. The molecule has 1 aromatic carbocycles. The molecule has 206 valence electrons. The number of hydrogen-bond acceptors (Lipinski definition) is 5. The molecule has 0 radical (unpaired) electrons. The Kier molecular flexibility index (Phi) is 7.09. The molecule has 5 rings (SSSR count). The molecule has 1 aliphatic carbocycles. The number of amides is 3. The van der Waals surface area contributed by atoms with Gasteiger partial charge in [0.2, 0.25) is 11.8 Å². The number of likely N-dealkylation sites (tertiary alicyclic amines) is 1. The molecule has 0 unspecified atom stereocenters. The van der Waals surface area contributed by atoms with Crippen molar-refractivity contribution >= 4 is 28.8 Å². The summed E-state index contributed by atoms with van der Waals surface area (Å²) in [5, 5.41) is 6.68. The molecule has 3 atom stereocenters. The molecule has 2 aliphatic rings. The van der Waals surface area contributed by atoms with Gasteiger partial charge in [-0.2, -0.15) is 0 Å². The van der Waals surface area contributed by atoms with E-state index in [1.807, 2.05) is 51.1 Å². The number of ether oxygens (including phenoxy) is 1. The first-order chi connectivity index (χ1) is 18.6. The summed E-state index contributed by atoms with van der Waals surface area (Å²) in [6.45, 7) is 7.83. The summed E-state index contributed by atoms with van der Waals surface area (Å²) >= 11 is 0. The zero-order valence-electron chi connectivity index (χ0n) is 23.0. The van der Waals surface area contributed by atoms with Crippen molar-refractivity contribution < 1.29 is 19.1 Å². The second kappa shape index (κ2) is 10.4. The van der Waals surface area contributed by atoms with Crippen molar-refractivity contribution in [3.05, 3.63) is 66.1 Å². The number of H-pyrrole nitrogens is 1. The van der Waals surface area contributed by atoms with E-state index in [2.05, 4.69) is 32.7 Å². The molecular weight excluding hydrogens is 494 g/mol. The molecule has 2 fully saturated rings. The molecule has 1 saturated carbocycles. The number of nitrogens with zero attached hydrogens (tertiary/aromatic N) is 2. The van der Waals surface area contributed by atoms with Crippen molar-refractivity contribution in [3.63, 3.8) is 0 Å².